The third kappa shape index (κ3) is 8.08. The first-order valence-corrected chi connectivity index (χ1v) is 12.3. The van der Waals surface area contributed by atoms with E-state index in [0.717, 1.165) is 16.7 Å². The van der Waals surface area contributed by atoms with Crippen molar-refractivity contribution in [1.29, 1.82) is 0 Å². The monoisotopic (exact) mass is 527 g/mol. The van der Waals surface area contributed by atoms with Crippen molar-refractivity contribution in [1.82, 2.24) is 5.32 Å². The lowest BCUT2D eigenvalue weighted by Gasteiger charge is -2.22. The minimum Gasteiger partial charge on any atom is -0.485 e. The highest BCUT2D eigenvalue weighted by atomic mass is 16.5. The van der Waals surface area contributed by atoms with Gasteiger partial charge in [-0.3, -0.25) is 0 Å². The average Bonchev–Trinajstić information content (AvgIpc) is 2.98. The number of hydrogen-bond acceptors (Lipinski definition) is 6. The summed E-state index contributed by atoms with van der Waals surface area (Å²) in [5, 5.41) is 22.9. The van der Waals surface area contributed by atoms with Crippen LogP contribution in [0.1, 0.15) is 28.4 Å². The Hall–Kier alpha value is -4.82. The molecular formula is C31H29NO7. The molecule has 0 aliphatic carbocycles. The molecule has 200 valence electrons. The van der Waals surface area contributed by atoms with Gasteiger partial charge in [0.05, 0.1) is 0 Å². The first-order valence-electron chi connectivity index (χ1n) is 12.3. The summed E-state index contributed by atoms with van der Waals surface area (Å²) in [7, 11) is 0. The molecule has 4 aromatic rings. The molecule has 0 heterocycles. The number of carboxylic acids is 1. The summed E-state index contributed by atoms with van der Waals surface area (Å²) < 4.78 is 17.1. The van der Waals surface area contributed by atoms with Crippen LogP contribution in [0.3, 0.4) is 0 Å². The first-order chi connectivity index (χ1) is 19.0. The van der Waals surface area contributed by atoms with Crippen LogP contribution in [0, 0.1) is 0 Å². The number of benzene rings is 4. The molecule has 0 fully saturated rings. The van der Waals surface area contributed by atoms with Crippen LogP contribution < -0.4 is 14.8 Å². The molecule has 1 amide bonds. The van der Waals surface area contributed by atoms with E-state index in [4.69, 9.17) is 14.2 Å². The van der Waals surface area contributed by atoms with Gasteiger partial charge in [-0.1, -0.05) is 97.1 Å². The van der Waals surface area contributed by atoms with Crippen LogP contribution in [0.4, 0.5) is 4.79 Å². The number of carbonyl (C=O) groups is 2. The molecule has 0 spiro atoms. The summed E-state index contributed by atoms with van der Waals surface area (Å²) >= 11 is 0. The zero-order chi connectivity index (χ0) is 27.5. The van der Waals surface area contributed by atoms with E-state index in [9.17, 15) is 19.8 Å². The van der Waals surface area contributed by atoms with E-state index in [1.54, 1.807) is 30.3 Å². The van der Waals surface area contributed by atoms with E-state index in [1.807, 2.05) is 66.7 Å². The Morgan fingerprint density at radius 1 is 0.667 bits per heavy atom. The Morgan fingerprint density at radius 2 is 1.15 bits per heavy atom. The average molecular weight is 528 g/mol. The molecule has 4 aromatic carbocycles. The number of carboxylic acid groups (broad SMARTS) is 1. The van der Waals surface area contributed by atoms with Crippen LogP contribution >= 0.6 is 0 Å². The summed E-state index contributed by atoms with van der Waals surface area (Å²) in [5.41, 5.74) is 2.84. The SMILES string of the molecule is O=C(N[C@@H](C(=O)O)C(O)c1ccc(OCc2ccccc2)c(OCc2ccccc2)c1)OCc1ccccc1. The molecule has 39 heavy (non-hydrogen) atoms. The highest BCUT2D eigenvalue weighted by Crippen LogP contribution is 2.33. The van der Waals surface area contributed by atoms with Gasteiger partial charge in [0, 0.05) is 0 Å². The fourth-order valence-electron chi connectivity index (χ4n) is 3.77. The van der Waals surface area contributed by atoms with Gasteiger partial charge in [0.2, 0.25) is 0 Å². The number of aliphatic hydroxyl groups is 1. The Kier molecular flexibility index (Phi) is 9.52. The van der Waals surface area contributed by atoms with Crippen LogP contribution in [0.15, 0.2) is 109 Å². The van der Waals surface area contributed by atoms with Gasteiger partial charge in [-0.2, -0.15) is 0 Å². The highest BCUT2D eigenvalue weighted by molar-refractivity contribution is 5.80. The zero-order valence-corrected chi connectivity index (χ0v) is 21.1. The van der Waals surface area contributed by atoms with Crippen molar-refractivity contribution in [3.8, 4) is 11.5 Å². The van der Waals surface area contributed by atoms with Crippen molar-refractivity contribution in [2.24, 2.45) is 0 Å². The lowest BCUT2D eigenvalue weighted by Crippen LogP contribution is -2.45. The number of ether oxygens (including phenoxy) is 3. The molecule has 0 radical (unpaired) electrons. The summed E-state index contributed by atoms with van der Waals surface area (Å²) in [5.74, 6) is -0.676. The van der Waals surface area contributed by atoms with Gasteiger partial charge >= 0.3 is 12.1 Å². The second-order valence-electron chi connectivity index (χ2n) is 8.72. The smallest absolute Gasteiger partial charge is 0.408 e. The Bertz CT molecular complexity index is 1350. The van der Waals surface area contributed by atoms with Crippen molar-refractivity contribution in [3.63, 3.8) is 0 Å². The lowest BCUT2D eigenvalue weighted by atomic mass is 10.0. The van der Waals surface area contributed by atoms with Crippen molar-refractivity contribution in [2.75, 3.05) is 0 Å². The number of carbonyl (C=O) groups excluding carboxylic acids is 1. The molecule has 0 aromatic heterocycles. The van der Waals surface area contributed by atoms with Crippen molar-refractivity contribution in [2.45, 2.75) is 32.0 Å². The van der Waals surface area contributed by atoms with Gasteiger partial charge in [-0.05, 0) is 34.4 Å². The van der Waals surface area contributed by atoms with Gasteiger partial charge in [0.1, 0.15) is 25.9 Å². The lowest BCUT2D eigenvalue weighted by molar-refractivity contribution is -0.142. The maximum Gasteiger partial charge on any atom is 0.408 e. The fraction of sp³-hybridized carbons (Fsp3) is 0.161. The number of alkyl carbamates (subject to hydrolysis) is 1. The van der Waals surface area contributed by atoms with Gasteiger partial charge in [-0.25, -0.2) is 9.59 Å². The summed E-state index contributed by atoms with van der Waals surface area (Å²) in [4.78, 5) is 24.3. The van der Waals surface area contributed by atoms with Crippen LogP contribution in [-0.4, -0.2) is 28.3 Å². The predicted octanol–water partition coefficient (Wildman–Crippen LogP) is 5.26. The number of aliphatic hydroxyl groups excluding tert-OH is 1. The van der Waals surface area contributed by atoms with E-state index < -0.39 is 24.2 Å². The summed E-state index contributed by atoms with van der Waals surface area (Å²) in [6, 6.07) is 31.1. The molecule has 0 aliphatic heterocycles. The summed E-state index contributed by atoms with van der Waals surface area (Å²) in [6.45, 7) is 0.478. The highest BCUT2D eigenvalue weighted by Gasteiger charge is 2.31. The predicted molar refractivity (Wildman–Crippen MR) is 144 cm³/mol. The van der Waals surface area contributed by atoms with Crippen molar-refractivity contribution < 1.29 is 34.0 Å². The maximum atomic E-state index is 12.3. The molecule has 4 rings (SSSR count). The molecule has 8 heteroatoms. The quantitative estimate of drug-likeness (QED) is 0.230. The fourth-order valence-corrected chi connectivity index (χ4v) is 3.77. The number of rotatable bonds is 12. The second-order valence-corrected chi connectivity index (χ2v) is 8.72. The van der Waals surface area contributed by atoms with E-state index in [2.05, 4.69) is 5.32 Å². The largest absolute Gasteiger partial charge is 0.485 e. The Balaban J connectivity index is 1.49. The summed E-state index contributed by atoms with van der Waals surface area (Å²) in [6.07, 6.45) is -2.55. The van der Waals surface area contributed by atoms with E-state index in [-0.39, 0.29) is 25.4 Å². The van der Waals surface area contributed by atoms with Crippen molar-refractivity contribution >= 4 is 12.1 Å². The van der Waals surface area contributed by atoms with Crippen LogP contribution in [0.2, 0.25) is 0 Å². The van der Waals surface area contributed by atoms with Crippen LogP contribution in [0.5, 0.6) is 11.5 Å². The van der Waals surface area contributed by atoms with Gasteiger partial charge < -0.3 is 29.7 Å². The molecule has 0 bridgehead atoms. The molecule has 8 nitrogen and oxygen atoms in total. The van der Waals surface area contributed by atoms with E-state index >= 15 is 0 Å². The van der Waals surface area contributed by atoms with Crippen LogP contribution in [0.25, 0.3) is 0 Å². The third-order valence-corrected chi connectivity index (χ3v) is 5.85. The van der Waals surface area contributed by atoms with Gasteiger partial charge in [-0.15, -0.1) is 0 Å². The molecule has 2 atom stereocenters. The van der Waals surface area contributed by atoms with E-state index in [1.165, 1.54) is 12.1 Å². The number of hydrogen-bond donors (Lipinski definition) is 3. The number of aliphatic carboxylic acids is 1. The third-order valence-electron chi connectivity index (χ3n) is 5.85. The molecule has 3 N–H and O–H groups in total. The minimum atomic E-state index is -1.66. The topological polar surface area (TPSA) is 114 Å². The zero-order valence-electron chi connectivity index (χ0n) is 21.1. The number of nitrogens with one attached hydrogen (secondary N) is 1. The van der Waals surface area contributed by atoms with E-state index in [0.29, 0.717) is 11.5 Å². The maximum absolute atomic E-state index is 12.3. The Labute approximate surface area is 226 Å². The molecular weight excluding hydrogens is 498 g/mol. The standard InChI is InChI=1S/C31H29NO7/c33-29(28(30(34)35)32-31(36)39-21-24-14-8-3-9-15-24)25-16-17-26(37-19-22-10-4-1-5-11-22)27(18-25)38-20-23-12-6-2-7-13-23/h1-18,28-29,33H,19-21H2,(H,32,36)(H,34,35)/t28-,29?/m1/s1. The normalized spacial score (nSPS) is 12.1. The molecule has 0 saturated heterocycles. The van der Waals surface area contributed by atoms with Crippen LogP contribution in [-0.2, 0) is 29.4 Å². The molecule has 1 unspecified atom stereocenters. The molecule has 0 saturated carbocycles. The Morgan fingerprint density at radius 3 is 1.67 bits per heavy atom. The number of amides is 1. The van der Waals surface area contributed by atoms with Crippen molar-refractivity contribution in [3.05, 3.63) is 131 Å². The minimum absolute atomic E-state index is 0.0416. The first kappa shape index (κ1) is 27.2. The molecule has 0 aliphatic rings. The van der Waals surface area contributed by atoms with Gasteiger partial charge in [0.25, 0.3) is 0 Å². The second kappa shape index (κ2) is 13.6. The van der Waals surface area contributed by atoms with Gasteiger partial charge in [0.15, 0.2) is 17.5 Å².